The van der Waals surface area contributed by atoms with Crippen molar-refractivity contribution in [1.29, 1.82) is 0 Å². The quantitative estimate of drug-likeness (QED) is 0.814. The van der Waals surface area contributed by atoms with E-state index in [0.29, 0.717) is 6.61 Å². The van der Waals surface area contributed by atoms with Gasteiger partial charge in [0, 0.05) is 56.9 Å². The van der Waals surface area contributed by atoms with Gasteiger partial charge >= 0.3 is 0 Å². The van der Waals surface area contributed by atoms with E-state index in [1.807, 2.05) is 17.3 Å². The summed E-state index contributed by atoms with van der Waals surface area (Å²) in [5.41, 5.74) is 3.17. The van der Waals surface area contributed by atoms with Crippen molar-refractivity contribution in [3.05, 3.63) is 47.3 Å². The van der Waals surface area contributed by atoms with Crippen LogP contribution < -0.4 is 0 Å². The Morgan fingerprint density at radius 1 is 1.26 bits per heavy atom. The number of imidazole rings is 1. The number of aryl methyl sites for hydroxylation is 2. The summed E-state index contributed by atoms with van der Waals surface area (Å²) in [6.07, 6.45) is 12.2. The summed E-state index contributed by atoms with van der Waals surface area (Å²) in [6, 6.07) is 2.08. The van der Waals surface area contributed by atoms with Crippen LogP contribution in [0.15, 0.2) is 24.7 Å². The van der Waals surface area contributed by atoms with Crippen molar-refractivity contribution >= 4 is 5.91 Å². The van der Waals surface area contributed by atoms with Gasteiger partial charge in [0.2, 0.25) is 0 Å². The molecule has 2 aromatic rings. The fourth-order valence-electron chi connectivity index (χ4n) is 4.32. The number of ether oxygens (including phenoxy) is 1. The van der Waals surface area contributed by atoms with Gasteiger partial charge in [-0.25, -0.2) is 4.98 Å². The minimum atomic E-state index is 0.107. The van der Waals surface area contributed by atoms with Gasteiger partial charge in [0.05, 0.1) is 12.2 Å². The van der Waals surface area contributed by atoms with Crippen LogP contribution in [0.1, 0.15) is 59.0 Å². The molecule has 144 valence electrons. The Balaban J connectivity index is 1.48. The Labute approximate surface area is 160 Å². The number of carbonyl (C=O) groups excluding carboxylic acids is 1. The molecule has 6 nitrogen and oxygen atoms in total. The highest BCUT2D eigenvalue weighted by atomic mass is 16.5. The van der Waals surface area contributed by atoms with Crippen LogP contribution in [-0.2, 0) is 24.1 Å². The summed E-state index contributed by atoms with van der Waals surface area (Å²) in [5.74, 6) is 1.45. The van der Waals surface area contributed by atoms with E-state index >= 15 is 0 Å². The van der Waals surface area contributed by atoms with Crippen molar-refractivity contribution in [2.45, 2.75) is 51.0 Å². The second-order valence-electron chi connectivity index (χ2n) is 7.60. The molecule has 27 heavy (non-hydrogen) atoms. The smallest absolute Gasteiger partial charge is 0.255 e. The molecule has 0 aromatic carbocycles. The number of likely N-dealkylation sites (tertiary alicyclic amines) is 1. The molecule has 6 heteroatoms. The Kier molecular flexibility index (Phi) is 5.53. The molecule has 2 aliphatic rings. The predicted octanol–water partition coefficient (Wildman–Crippen LogP) is 2.82. The maximum Gasteiger partial charge on any atom is 0.255 e. The molecule has 1 fully saturated rings. The molecular formula is C21H28N4O2. The number of nitrogens with zero attached hydrogens (tertiary/aromatic N) is 4. The average Bonchev–Trinajstić information content (AvgIpc) is 3.20. The molecule has 3 heterocycles. The zero-order valence-electron chi connectivity index (χ0n) is 16.1. The third kappa shape index (κ3) is 3.90. The van der Waals surface area contributed by atoms with Crippen molar-refractivity contribution < 1.29 is 9.53 Å². The molecule has 0 N–H and O–H groups in total. The topological polar surface area (TPSA) is 60.2 Å². The van der Waals surface area contributed by atoms with Gasteiger partial charge in [0.15, 0.2) is 0 Å². The maximum absolute atomic E-state index is 13.1. The molecule has 4 rings (SSSR count). The van der Waals surface area contributed by atoms with Gasteiger partial charge in [-0.15, -0.1) is 0 Å². The number of amides is 1. The molecule has 0 saturated carbocycles. The van der Waals surface area contributed by atoms with Crippen LogP contribution in [0.25, 0.3) is 0 Å². The molecule has 1 amide bonds. The number of fused-ring (bicyclic) bond motifs is 1. The molecular weight excluding hydrogens is 340 g/mol. The second kappa shape index (κ2) is 8.21. The van der Waals surface area contributed by atoms with Gasteiger partial charge in [-0.05, 0) is 50.2 Å². The molecule has 0 spiro atoms. The number of rotatable bonds is 5. The Morgan fingerprint density at radius 3 is 3.04 bits per heavy atom. The predicted molar refractivity (Wildman–Crippen MR) is 103 cm³/mol. The molecule has 0 unspecified atom stereocenters. The average molecular weight is 368 g/mol. The lowest BCUT2D eigenvalue weighted by Crippen LogP contribution is -2.40. The first-order valence-electron chi connectivity index (χ1n) is 10.0. The van der Waals surface area contributed by atoms with E-state index in [1.54, 1.807) is 13.3 Å². The summed E-state index contributed by atoms with van der Waals surface area (Å²) in [4.78, 5) is 24.2. The van der Waals surface area contributed by atoms with Crippen molar-refractivity contribution in [3.8, 4) is 0 Å². The number of pyridine rings is 1. The lowest BCUT2D eigenvalue weighted by molar-refractivity contribution is 0.0702. The highest BCUT2D eigenvalue weighted by Crippen LogP contribution is 2.27. The van der Waals surface area contributed by atoms with Crippen molar-refractivity contribution in [1.82, 2.24) is 19.4 Å². The van der Waals surface area contributed by atoms with Gasteiger partial charge in [-0.1, -0.05) is 0 Å². The third-order valence-corrected chi connectivity index (χ3v) is 5.77. The van der Waals surface area contributed by atoms with Crippen LogP contribution in [0, 0.1) is 0 Å². The van der Waals surface area contributed by atoms with Crippen LogP contribution >= 0.6 is 0 Å². The van der Waals surface area contributed by atoms with Crippen LogP contribution in [0.2, 0.25) is 0 Å². The zero-order chi connectivity index (χ0) is 18.6. The van der Waals surface area contributed by atoms with E-state index in [9.17, 15) is 4.79 Å². The van der Waals surface area contributed by atoms with Crippen LogP contribution in [0.3, 0.4) is 0 Å². The molecule has 1 aliphatic heterocycles. The highest BCUT2D eigenvalue weighted by Gasteiger charge is 2.28. The highest BCUT2D eigenvalue weighted by molar-refractivity contribution is 5.94. The summed E-state index contributed by atoms with van der Waals surface area (Å²) < 4.78 is 7.36. The van der Waals surface area contributed by atoms with Crippen LogP contribution in [0.4, 0.5) is 0 Å². The van der Waals surface area contributed by atoms with Crippen molar-refractivity contribution in [2.24, 2.45) is 0 Å². The SMILES string of the molecule is COCCn1ccnc1[C@H]1CCCN(C(=O)c2cnc3c(c2)CCCC3)C1. The van der Waals surface area contributed by atoms with Gasteiger partial charge in [-0.3, -0.25) is 9.78 Å². The number of hydrogen-bond donors (Lipinski definition) is 0. The fraction of sp³-hybridized carbons (Fsp3) is 0.571. The number of aromatic nitrogens is 3. The van der Waals surface area contributed by atoms with Gasteiger partial charge < -0.3 is 14.2 Å². The van der Waals surface area contributed by atoms with E-state index in [2.05, 4.69) is 20.6 Å². The molecule has 1 saturated heterocycles. The summed E-state index contributed by atoms with van der Waals surface area (Å²) in [6.45, 7) is 3.00. The summed E-state index contributed by atoms with van der Waals surface area (Å²) >= 11 is 0. The first-order chi connectivity index (χ1) is 13.3. The molecule has 1 aliphatic carbocycles. The number of piperidine rings is 1. The standard InChI is InChI=1S/C21H28N4O2/c1-27-12-11-24-10-8-22-20(24)17-6-4-9-25(15-17)21(26)18-13-16-5-2-3-7-19(16)23-14-18/h8,10,13-14,17H,2-7,9,11-12,15H2,1H3/t17-/m0/s1. The van der Waals surface area contributed by atoms with Crippen LogP contribution in [0.5, 0.6) is 0 Å². The second-order valence-corrected chi connectivity index (χ2v) is 7.60. The first kappa shape index (κ1) is 18.2. The van der Waals surface area contributed by atoms with Crippen LogP contribution in [-0.4, -0.2) is 52.1 Å². The summed E-state index contributed by atoms with van der Waals surface area (Å²) in [7, 11) is 1.71. The first-order valence-corrected chi connectivity index (χ1v) is 10.0. The lowest BCUT2D eigenvalue weighted by Gasteiger charge is -2.33. The minimum absolute atomic E-state index is 0.107. The van der Waals surface area contributed by atoms with Crippen molar-refractivity contribution in [2.75, 3.05) is 26.8 Å². The van der Waals surface area contributed by atoms with E-state index in [0.717, 1.165) is 56.7 Å². The molecule has 0 bridgehead atoms. The normalized spacial score (nSPS) is 19.7. The number of carbonyl (C=O) groups is 1. The van der Waals surface area contributed by atoms with E-state index in [4.69, 9.17) is 4.74 Å². The number of methoxy groups -OCH3 is 1. The largest absolute Gasteiger partial charge is 0.383 e. The Morgan fingerprint density at radius 2 is 2.15 bits per heavy atom. The fourth-order valence-corrected chi connectivity index (χ4v) is 4.32. The molecule has 0 radical (unpaired) electrons. The summed E-state index contributed by atoms with van der Waals surface area (Å²) in [5, 5.41) is 0. The molecule has 2 aromatic heterocycles. The number of hydrogen-bond acceptors (Lipinski definition) is 4. The van der Waals surface area contributed by atoms with Gasteiger partial charge in [0.1, 0.15) is 5.82 Å². The van der Waals surface area contributed by atoms with E-state index in [1.165, 1.54) is 24.1 Å². The Bertz CT molecular complexity index is 801. The van der Waals surface area contributed by atoms with E-state index < -0.39 is 0 Å². The maximum atomic E-state index is 13.1. The molecule has 1 atom stereocenters. The van der Waals surface area contributed by atoms with Gasteiger partial charge in [-0.2, -0.15) is 0 Å². The Hall–Kier alpha value is -2.21. The lowest BCUT2D eigenvalue weighted by atomic mass is 9.94. The van der Waals surface area contributed by atoms with E-state index in [-0.39, 0.29) is 11.8 Å². The zero-order valence-corrected chi connectivity index (χ0v) is 16.1. The minimum Gasteiger partial charge on any atom is -0.383 e. The van der Waals surface area contributed by atoms with Gasteiger partial charge in [0.25, 0.3) is 5.91 Å². The third-order valence-electron chi connectivity index (χ3n) is 5.77. The van der Waals surface area contributed by atoms with Crippen molar-refractivity contribution in [3.63, 3.8) is 0 Å². The monoisotopic (exact) mass is 368 g/mol.